The Kier molecular flexibility index (Phi) is 6.29. The molecule has 0 amide bonds. The van der Waals surface area contributed by atoms with Gasteiger partial charge in [0.25, 0.3) is 0 Å². The summed E-state index contributed by atoms with van der Waals surface area (Å²) in [4.78, 5) is 21.6. The Labute approximate surface area is 214 Å². The summed E-state index contributed by atoms with van der Waals surface area (Å²) in [5.74, 6) is -1.31. The van der Waals surface area contributed by atoms with Crippen LogP contribution in [0.2, 0.25) is 5.02 Å². The quantitative estimate of drug-likeness (QED) is 0.293. The van der Waals surface area contributed by atoms with Crippen molar-refractivity contribution in [2.75, 3.05) is 0 Å². The van der Waals surface area contributed by atoms with Crippen molar-refractivity contribution in [1.82, 2.24) is 24.9 Å². The Morgan fingerprint density at radius 1 is 0.595 bits per heavy atom. The highest BCUT2D eigenvalue weighted by atomic mass is 35.5. The molecule has 5 aromatic heterocycles. The zero-order valence-electron chi connectivity index (χ0n) is 18.7. The minimum atomic E-state index is -0.751. The Hall–Kier alpha value is -5.12. The molecule has 0 saturated carbocycles. The van der Waals surface area contributed by atoms with Gasteiger partial charge in [-0.1, -0.05) is 11.6 Å². The van der Waals surface area contributed by atoms with Crippen molar-refractivity contribution in [2.45, 2.75) is 0 Å². The van der Waals surface area contributed by atoms with E-state index >= 15 is 4.39 Å². The van der Waals surface area contributed by atoms with Gasteiger partial charge >= 0.3 is 0 Å². The predicted octanol–water partition coefficient (Wildman–Crippen LogP) is 6.00. The summed E-state index contributed by atoms with van der Waals surface area (Å²) in [5, 5.41) is 18.8. The van der Waals surface area contributed by atoms with E-state index in [1.807, 2.05) is 12.1 Å². The molecule has 5 rings (SSSR count). The molecule has 0 aliphatic heterocycles. The molecule has 0 atom stereocenters. The van der Waals surface area contributed by atoms with Crippen LogP contribution in [0.3, 0.4) is 0 Å². The van der Waals surface area contributed by atoms with Gasteiger partial charge < -0.3 is 0 Å². The topological polar surface area (TPSA) is 112 Å². The van der Waals surface area contributed by atoms with Gasteiger partial charge in [-0.3, -0.25) is 19.9 Å². The highest BCUT2D eigenvalue weighted by Crippen LogP contribution is 2.41. The van der Waals surface area contributed by atoms with Crippen LogP contribution in [0.4, 0.5) is 8.78 Å². The predicted molar refractivity (Wildman–Crippen MR) is 132 cm³/mol. The smallest absolute Gasteiger partial charge is 0.161 e. The van der Waals surface area contributed by atoms with E-state index in [4.69, 9.17) is 11.6 Å². The highest BCUT2D eigenvalue weighted by molar-refractivity contribution is 6.30. The number of pyridine rings is 5. The SMILES string of the molecule is N#Cc1ccc(-c2c(-c3ccc(F)cn3)nc(-c3ccc(Cl)cn3)c(F)c2-c2ccc(C#N)cn2)nc1. The Morgan fingerprint density at radius 2 is 1.14 bits per heavy atom. The molecule has 0 radical (unpaired) electrons. The molecule has 0 unspecified atom stereocenters. The van der Waals surface area contributed by atoms with Crippen molar-refractivity contribution < 1.29 is 8.78 Å². The third-order valence-electron chi connectivity index (χ3n) is 5.38. The minimum absolute atomic E-state index is 0.0181. The van der Waals surface area contributed by atoms with Crippen LogP contribution in [0.5, 0.6) is 0 Å². The number of hydrogen-bond acceptors (Lipinski definition) is 7. The lowest BCUT2D eigenvalue weighted by atomic mass is 9.94. The fraction of sp³-hybridized carbons (Fsp3) is 0. The van der Waals surface area contributed by atoms with Crippen molar-refractivity contribution in [3.05, 3.63) is 101 Å². The Balaban J connectivity index is 1.90. The van der Waals surface area contributed by atoms with E-state index in [0.29, 0.717) is 10.6 Å². The van der Waals surface area contributed by atoms with Crippen LogP contribution in [0.15, 0.2) is 73.3 Å². The van der Waals surface area contributed by atoms with Crippen LogP contribution in [-0.2, 0) is 0 Å². The molecule has 0 aliphatic carbocycles. The van der Waals surface area contributed by atoms with Gasteiger partial charge in [-0.2, -0.15) is 10.5 Å². The van der Waals surface area contributed by atoms with E-state index in [0.717, 1.165) is 6.20 Å². The fourth-order valence-electron chi connectivity index (χ4n) is 3.66. The second-order valence-electron chi connectivity index (χ2n) is 7.68. The van der Waals surface area contributed by atoms with Crippen molar-refractivity contribution in [3.8, 4) is 57.4 Å². The van der Waals surface area contributed by atoms with Gasteiger partial charge in [-0.05, 0) is 48.5 Å². The standard InChI is InChI=1S/C27H12ClF2N7/c28-17-3-7-22(35-13-17)27-25(30)23(19-5-1-15(9-31)11-33-19)24(20-6-2-16(10-32)12-34-20)26(37-27)21-8-4-18(29)14-36-21/h1-8,11-14H. The molecule has 5 heterocycles. The third kappa shape index (κ3) is 4.59. The van der Waals surface area contributed by atoms with E-state index < -0.39 is 11.6 Å². The maximum atomic E-state index is 16.4. The summed E-state index contributed by atoms with van der Waals surface area (Å²) in [5.41, 5.74) is 1.81. The lowest BCUT2D eigenvalue weighted by molar-refractivity contribution is 0.621. The molecule has 5 aromatic rings. The van der Waals surface area contributed by atoms with Crippen molar-refractivity contribution in [1.29, 1.82) is 10.5 Å². The summed E-state index contributed by atoms with van der Waals surface area (Å²) in [6, 6.07) is 15.8. The van der Waals surface area contributed by atoms with E-state index in [2.05, 4.69) is 24.9 Å². The third-order valence-corrected chi connectivity index (χ3v) is 5.60. The number of halogens is 3. The summed E-state index contributed by atoms with van der Waals surface area (Å²) in [6.45, 7) is 0. The summed E-state index contributed by atoms with van der Waals surface area (Å²) in [6.07, 6.45) is 5.06. The lowest BCUT2D eigenvalue weighted by Gasteiger charge is -2.17. The summed E-state index contributed by atoms with van der Waals surface area (Å²) >= 11 is 5.98. The van der Waals surface area contributed by atoms with Crippen LogP contribution in [0, 0.1) is 34.3 Å². The van der Waals surface area contributed by atoms with Crippen molar-refractivity contribution in [2.24, 2.45) is 0 Å². The normalized spacial score (nSPS) is 10.5. The molecule has 0 saturated heterocycles. The molecule has 7 nitrogen and oxygen atoms in total. The Morgan fingerprint density at radius 3 is 1.65 bits per heavy atom. The zero-order valence-corrected chi connectivity index (χ0v) is 19.4. The van der Waals surface area contributed by atoms with Gasteiger partial charge in [0.1, 0.15) is 23.6 Å². The van der Waals surface area contributed by atoms with Crippen LogP contribution in [-0.4, -0.2) is 24.9 Å². The molecule has 0 aliphatic rings. The van der Waals surface area contributed by atoms with Crippen molar-refractivity contribution in [3.63, 3.8) is 0 Å². The number of rotatable bonds is 4. The molecule has 0 bridgehead atoms. The van der Waals surface area contributed by atoms with Gasteiger partial charge in [0.05, 0.1) is 50.8 Å². The molecule has 10 heteroatoms. The molecule has 176 valence electrons. The molecular weight excluding hydrogens is 496 g/mol. The zero-order chi connectivity index (χ0) is 25.9. The van der Waals surface area contributed by atoms with Gasteiger partial charge in [-0.15, -0.1) is 0 Å². The van der Waals surface area contributed by atoms with Gasteiger partial charge in [0.2, 0.25) is 0 Å². The van der Waals surface area contributed by atoms with Gasteiger partial charge in [0, 0.05) is 29.7 Å². The van der Waals surface area contributed by atoms with E-state index in [-0.39, 0.29) is 50.9 Å². The molecule has 37 heavy (non-hydrogen) atoms. The number of nitrogens with zero attached hydrogens (tertiary/aromatic N) is 7. The maximum absolute atomic E-state index is 16.4. The number of aromatic nitrogens is 5. The number of nitriles is 2. The van der Waals surface area contributed by atoms with Crippen LogP contribution in [0.1, 0.15) is 11.1 Å². The molecule has 0 N–H and O–H groups in total. The maximum Gasteiger partial charge on any atom is 0.161 e. The highest BCUT2D eigenvalue weighted by Gasteiger charge is 2.27. The van der Waals surface area contributed by atoms with E-state index in [1.165, 1.54) is 55.0 Å². The first-order valence-electron chi connectivity index (χ1n) is 10.7. The van der Waals surface area contributed by atoms with Crippen LogP contribution < -0.4 is 0 Å². The average molecular weight is 508 g/mol. The summed E-state index contributed by atoms with van der Waals surface area (Å²) in [7, 11) is 0. The largest absolute Gasteiger partial charge is 0.255 e. The molecule has 0 fully saturated rings. The minimum Gasteiger partial charge on any atom is -0.255 e. The summed E-state index contributed by atoms with van der Waals surface area (Å²) < 4.78 is 30.1. The average Bonchev–Trinajstić information content (AvgIpc) is 2.94. The van der Waals surface area contributed by atoms with Crippen LogP contribution >= 0.6 is 11.6 Å². The van der Waals surface area contributed by atoms with Crippen molar-refractivity contribution >= 4 is 11.6 Å². The number of hydrogen-bond donors (Lipinski definition) is 0. The van der Waals surface area contributed by atoms with Crippen LogP contribution in [0.25, 0.3) is 45.3 Å². The first-order chi connectivity index (χ1) is 18.0. The van der Waals surface area contributed by atoms with Gasteiger partial charge in [-0.25, -0.2) is 13.8 Å². The molecule has 0 aromatic carbocycles. The lowest BCUT2D eigenvalue weighted by Crippen LogP contribution is -2.05. The van der Waals surface area contributed by atoms with E-state index in [9.17, 15) is 14.9 Å². The van der Waals surface area contributed by atoms with E-state index in [1.54, 1.807) is 12.1 Å². The van der Waals surface area contributed by atoms with Gasteiger partial charge in [0.15, 0.2) is 5.82 Å². The second kappa shape index (κ2) is 9.86. The first kappa shape index (κ1) is 23.6. The Bertz CT molecular complexity index is 1690. The molecule has 0 spiro atoms. The fourth-order valence-corrected chi connectivity index (χ4v) is 3.77. The monoisotopic (exact) mass is 507 g/mol. The first-order valence-corrected chi connectivity index (χ1v) is 11.1. The second-order valence-corrected chi connectivity index (χ2v) is 8.12. The molecular formula is C27H12ClF2N7.